The molecule has 0 spiro atoms. The molecule has 41 heavy (non-hydrogen) atoms. The van der Waals surface area contributed by atoms with Gasteiger partial charge < -0.3 is 23.8 Å². The molecule has 222 valence electrons. The van der Waals surface area contributed by atoms with E-state index in [1.165, 1.54) is 4.57 Å². The molecule has 2 saturated heterocycles. The number of morpholine rings is 1. The topological polar surface area (TPSA) is 95.8 Å². The lowest BCUT2D eigenvalue weighted by molar-refractivity contribution is 0.0412. The van der Waals surface area contributed by atoms with E-state index in [4.69, 9.17) is 28.9 Å². The Morgan fingerprint density at radius 1 is 1.00 bits per heavy atom. The van der Waals surface area contributed by atoms with Gasteiger partial charge in [0, 0.05) is 32.3 Å². The monoisotopic (exact) mass is 572 g/mol. The van der Waals surface area contributed by atoms with Crippen LogP contribution in [0.1, 0.15) is 50.8 Å². The minimum absolute atomic E-state index is 0.0155. The smallest absolute Gasteiger partial charge is 0.296 e. The third-order valence-corrected chi connectivity index (χ3v) is 8.02. The molecule has 2 aromatic heterocycles. The second kappa shape index (κ2) is 13.4. The summed E-state index contributed by atoms with van der Waals surface area (Å²) < 4.78 is 53.0. The van der Waals surface area contributed by atoms with Crippen molar-refractivity contribution in [2.45, 2.75) is 57.2 Å². The molecular formula is C29H38F2N6O4. The van der Waals surface area contributed by atoms with E-state index in [0.717, 1.165) is 51.7 Å². The summed E-state index contributed by atoms with van der Waals surface area (Å²) in [7, 11) is 0. The maximum Gasteiger partial charge on any atom is 0.296 e. The Balaban J connectivity index is 1.13. The Morgan fingerprint density at radius 3 is 2.61 bits per heavy atom. The number of fused-ring (bicyclic) bond motifs is 1. The zero-order chi connectivity index (χ0) is 28.0. The predicted octanol–water partition coefficient (Wildman–Crippen LogP) is 4.27. The van der Waals surface area contributed by atoms with Gasteiger partial charge in [-0.3, -0.25) is 9.88 Å². The first-order valence-corrected chi connectivity index (χ1v) is 14.7. The number of rotatable bonds is 11. The predicted molar refractivity (Wildman–Crippen MR) is 149 cm³/mol. The van der Waals surface area contributed by atoms with Crippen LogP contribution in [0.5, 0.6) is 5.88 Å². The summed E-state index contributed by atoms with van der Waals surface area (Å²) >= 11 is 0. The van der Waals surface area contributed by atoms with Gasteiger partial charge in [0.15, 0.2) is 5.82 Å². The average Bonchev–Trinajstić information content (AvgIpc) is 3.66. The highest BCUT2D eigenvalue weighted by atomic mass is 19.3. The maximum absolute atomic E-state index is 14.1. The fourth-order valence-electron chi connectivity index (χ4n) is 5.82. The standard InChI is InChI=1S/C29H38F2N6O4/c30-27(31)28-33-23-5-1-2-6-24(23)37(28)25-16-26(35-29(34-25)36-11-14-38-15-12-36)41-21-9-7-20(8-10-21)18-39-19-32-17-22-4-3-13-40-22/h1-2,5-6,16,20-22,27,32H,3-4,7-15,17-19H2/t20?,21?,22-/m1/s1. The van der Waals surface area contributed by atoms with Crippen molar-refractivity contribution in [3.63, 3.8) is 0 Å². The molecule has 1 N–H and O–H groups in total. The molecule has 3 aliphatic rings. The van der Waals surface area contributed by atoms with Crippen LogP contribution in [0.15, 0.2) is 30.3 Å². The van der Waals surface area contributed by atoms with Crippen molar-refractivity contribution in [2.24, 2.45) is 5.92 Å². The van der Waals surface area contributed by atoms with Crippen LogP contribution in [0.3, 0.4) is 0 Å². The summed E-state index contributed by atoms with van der Waals surface area (Å²) in [6.45, 7) is 5.28. The van der Waals surface area contributed by atoms with Gasteiger partial charge in [-0.15, -0.1) is 0 Å². The number of ether oxygens (including phenoxy) is 4. The normalized spacial score (nSPS) is 23.5. The van der Waals surface area contributed by atoms with Crippen molar-refractivity contribution < 1.29 is 27.7 Å². The number of para-hydroxylation sites is 2. The number of imidazole rings is 1. The Kier molecular flexibility index (Phi) is 9.19. The van der Waals surface area contributed by atoms with Crippen LogP contribution < -0.4 is 15.0 Å². The number of nitrogens with zero attached hydrogens (tertiary/aromatic N) is 5. The number of alkyl halides is 2. The number of halogens is 2. The number of nitrogens with one attached hydrogen (secondary N) is 1. The first kappa shape index (κ1) is 28.2. The van der Waals surface area contributed by atoms with E-state index in [9.17, 15) is 8.78 Å². The molecule has 1 aromatic carbocycles. The largest absolute Gasteiger partial charge is 0.474 e. The molecule has 3 fully saturated rings. The quantitative estimate of drug-likeness (QED) is 0.267. The highest BCUT2D eigenvalue weighted by molar-refractivity contribution is 5.78. The van der Waals surface area contributed by atoms with Crippen molar-refractivity contribution in [3.05, 3.63) is 36.2 Å². The molecule has 1 saturated carbocycles. The number of hydrogen-bond donors (Lipinski definition) is 1. The highest BCUT2D eigenvalue weighted by Gasteiger charge is 2.26. The van der Waals surface area contributed by atoms with Gasteiger partial charge in [-0.05, 0) is 56.6 Å². The van der Waals surface area contributed by atoms with E-state index in [-0.39, 0.29) is 11.9 Å². The minimum atomic E-state index is -2.77. The van der Waals surface area contributed by atoms with Gasteiger partial charge in [0.05, 0.1) is 43.7 Å². The van der Waals surface area contributed by atoms with E-state index in [1.54, 1.807) is 30.3 Å². The summed E-state index contributed by atoms with van der Waals surface area (Å²) in [5.74, 6) is 1.27. The van der Waals surface area contributed by atoms with E-state index in [0.29, 0.717) is 80.3 Å². The zero-order valence-corrected chi connectivity index (χ0v) is 23.2. The van der Waals surface area contributed by atoms with Crippen LogP contribution in [-0.4, -0.2) is 84.5 Å². The first-order chi connectivity index (χ1) is 20.1. The third kappa shape index (κ3) is 6.94. The van der Waals surface area contributed by atoms with Gasteiger partial charge in [0.1, 0.15) is 11.9 Å². The molecule has 6 rings (SSSR count). The van der Waals surface area contributed by atoms with Crippen LogP contribution in [0, 0.1) is 5.92 Å². The van der Waals surface area contributed by atoms with Crippen molar-refractivity contribution in [2.75, 3.05) is 57.7 Å². The van der Waals surface area contributed by atoms with Gasteiger partial charge >= 0.3 is 0 Å². The van der Waals surface area contributed by atoms with Gasteiger partial charge in [-0.25, -0.2) is 13.8 Å². The Labute approximate surface area is 238 Å². The molecule has 0 unspecified atom stereocenters. The fourth-order valence-corrected chi connectivity index (χ4v) is 5.82. The second-order valence-electron chi connectivity index (χ2n) is 10.9. The molecule has 1 aliphatic carbocycles. The van der Waals surface area contributed by atoms with Gasteiger partial charge in [-0.1, -0.05) is 12.1 Å². The lowest BCUT2D eigenvalue weighted by atomic mass is 9.88. The lowest BCUT2D eigenvalue weighted by Gasteiger charge is -2.30. The Bertz CT molecular complexity index is 1270. The molecule has 1 atom stereocenters. The molecule has 3 aromatic rings. The molecular weight excluding hydrogens is 534 g/mol. The maximum atomic E-state index is 14.1. The lowest BCUT2D eigenvalue weighted by Crippen LogP contribution is -2.37. The third-order valence-electron chi connectivity index (χ3n) is 8.02. The van der Waals surface area contributed by atoms with Crippen LogP contribution in [-0.2, 0) is 14.2 Å². The summed E-state index contributed by atoms with van der Waals surface area (Å²) in [5.41, 5.74) is 1.05. The fraction of sp³-hybridized carbons (Fsp3) is 0.621. The van der Waals surface area contributed by atoms with E-state index in [2.05, 4.69) is 10.3 Å². The minimum Gasteiger partial charge on any atom is -0.474 e. The van der Waals surface area contributed by atoms with E-state index < -0.39 is 6.43 Å². The van der Waals surface area contributed by atoms with Crippen LogP contribution >= 0.6 is 0 Å². The number of anilines is 1. The molecule has 10 nitrogen and oxygen atoms in total. The van der Waals surface area contributed by atoms with E-state index >= 15 is 0 Å². The molecule has 0 amide bonds. The molecule has 4 heterocycles. The van der Waals surface area contributed by atoms with Crippen molar-refractivity contribution in [1.29, 1.82) is 0 Å². The summed E-state index contributed by atoms with van der Waals surface area (Å²) in [5, 5.41) is 3.33. The van der Waals surface area contributed by atoms with Crippen LogP contribution in [0.2, 0.25) is 0 Å². The van der Waals surface area contributed by atoms with Crippen molar-refractivity contribution in [3.8, 4) is 11.7 Å². The summed E-state index contributed by atoms with van der Waals surface area (Å²) in [6.07, 6.45) is 3.52. The highest BCUT2D eigenvalue weighted by Crippen LogP contribution is 2.32. The Hall–Kier alpha value is -2.93. The molecule has 2 aliphatic heterocycles. The first-order valence-electron chi connectivity index (χ1n) is 14.7. The molecule has 12 heteroatoms. The summed E-state index contributed by atoms with van der Waals surface area (Å²) in [6, 6.07) is 8.73. The number of aromatic nitrogens is 4. The number of benzene rings is 1. The van der Waals surface area contributed by atoms with Crippen molar-refractivity contribution >= 4 is 17.0 Å². The van der Waals surface area contributed by atoms with Gasteiger partial charge in [0.25, 0.3) is 6.43 Å². The average molecular weight is 573 g/mol. The molecule has 0 bridgehead atoms. The van der Waals surface area contributed by atoms with Gasteiger partial charge in [0.2, 0.25) is 11.8 Å². The second-order valence-corrected chi connectivity index (χ2v) is 10.9. The SMILES string of the molecule is FC(F)c1nc2ccccc2n1-c1cc(OC2CCC(COCNC[C@H]3CCCO3)CC2)nc(N2CCOCC2)n1. The zero-order valence-electron chi connectivity index (χ0n) is 23.2. The Morgan fingerprint density at radius 2 is 1.83 bits per heavy atom. The van der Waals surface area contributed by atoms with Crippen LogP contribution in [0.4, 0.5) is 14.7 Å². The van der Waals surface area contributed by atoms with Crippen molar-refractivity contribution in [1.82, 2.24) is 24.8 Å². The van der Waals surface area contributed by atoms with Gasteiger partial charge in [-0.2, -0.15) is 9.97 Å². The van der Waals surface area contributed by atoms with Crippen LogP contribution in [0.25, 0.3) is 16.9 Å². The number of hydrogen-bond acceptors (Lipinski definition) is 9. The summed E-state index contributed by atoms with van der Waals surface area (Å²) in [4.78, 5) is 15.6. The van der Waals surface area contributed by atoms with E-state index in [1.807, 2.05) is 4.90 Å². The molecule has 0 radical (unpaired) electrons.